The van der Waals surface area contributed by atoms with E-state index in [0.717, 1.165) is 0 Å². The summed E-state index contributed by atoms with van der Waals surface area (Å²) < 4.78 is 4.62. The molecule has 0 saturated carbocycles. The second-order valence-electron chi connectivity index (χ2n) is 4.02. The fourth-order valence-electron chi connectivity index (χ4n) is 1.64. The molecule has 0 bridgehead atoms. The zero-order valence-corrected chi connectivity index (χ0v) is 11.6. The average molecular weight is 294 g/mol. The second-order valence-corrected chi connectivity index (χ2v) is 4.42. The molecule has 0 spiro atoms. The summed E-state index contributed by atoms with van der Waals surface area (Å²) >= 11 is 5.99. The van der Waals surface area contributed by atoms with Gasteiger partial charge in [0, 0.05) is 5.69 Å². The Labute approximate surface area is 120 Å². The van der Waals surface area contributed by atoms with Crippen LogP contribution >= 0.6 is 11.6 Å². The van der Waals surface area contributed by atoms with Gasteiger partial charge < -0.3 is 15.0 Å². The number of aryl methyl sites for hydroxylation is 1. The van der Waals surface area contributed by atoms with E-state index in [1.54, 1.807) is 6.92 Å². The number of nitrogens with zero attached hydrogens (tertiary/aromatic N) is 1. The van der Waals surface area contributed by atoms with Crippen LogP contribution in [0, 0.1) is 6.92 Å². The topological polar surface area (TPSA) is 84.1 Å². The van der Waals surface area contributed by atoms with E-state index in [2.05, 4.69) is 20.0 Å². The Morgan fingerprint density at radius 2 is 2.15 bits per heavy atom. The molecule has 2 rings (SSSR count). The second kappa shape index (κ2) is 5.75. The van der Waals surface area contributed by atoms with Gasteiger partial charge in [0.15, 0.2) is 0 Å². The molecular weight excluding hydrogens is 282 g/mol. The Kier molecular flexibility index (Phi) is 4.05. The molecule has 0 atom stereocenters. The Bertz CT molecular complexity index is 667. The van der Waals surface area contributed by atoms with Crippen molar-refractivity contribution >= 4 is 29.2 Å². The number of ether oxygens (including phenoxy) is 1. The van der Waals surface area contributed by atoms with Crippen LogP contribution in [0.5, 0.6) is 0 Å². The number of esters is 1. The van der Waals surface area contributed by atoms with E-state index in [9.17, 15) is 9.59 Å². The summed E-state index contributed by atoms with van der Waals surface area (Å²) in [7, 11) is 1.28. The molecule has 0 aliphatic heterocycles. The van der Waals surface area contributed by atoms with Crippen LogP contribution in [0.3, 0.4) is 0 Å². The van der Waals surface area contributed by atoms with Crippen molar-refractivity contribution in [2.24, 2.45) is 0 Å². The molecule has 0 aliphatic carbocycles. The highest BCUT2D eigenvalue weighted by molar-refractivity contribution is 6.34. The van der Waals surface area contributed by atoms with E-state index in [-0.39, 0.29) is 5.69 Å². The van der Waals surface area contributed by atoms with Crippen molar-refractivity contribution in [3.63, 3.8) is 0 Å². The van der Waals surface area contributed by atoms with Crippen LogP contribution in [0.15, 0.2) is 24.5 Å². The lowest BCUT2D eigenvalue weighted by molar-refractivity contribution is 0.0600. The quantitative estimate of drug-likeness (QED) is 0.851. The maximum atomic E-state index is 12.0. The molecule has 0 aliphatic rings. The number of nitrogens with one attached hydrogen (secondary N) is 2. The van der Waals surface area contributed by atoms with Gasteiger partial charge in [-0.15, -0.1) is 0 Å². The molecule has 2 N–H and O–H groups in total. The van der Waals surface area contributed by atoms with Gasteiger partial charge in [0.1, 0.15) is 5.69 Å². The Morgan fingerprint density at radius 3 is 2.75 bits per heavy atom. The molecule has 1 heterocycles. The largest absolute Gasteiger partial charge is 0.465 e. The zero-order valence-electron chi connectivity index (χ0n) is 10.9. The number of aromatic nitrogens is 2. The van der Waals surface area contributed by atoms with Gasteiger partial charge >= 0.3 is 5.97 Å². The molecule has 20 heavy (non-hydrogen) atoms. The average Bonchev–Trinajstić information content (AvgIpc) is 2.86. The van der Waals surface area contributed by atoms with E-state index in [4.69, 9.17) is 11.6 Å². The van der Waals surface area contributed by atoms with Crippen LogP contribution in [0.4, 0.5) is 5.69 Å². The van der Waals surface area contributed by atoms with Crippen LogP contribution in [0.1, 0.15) is 26.5 Å². The Hall–Kier alpha value is -2.34. The van der Waals surface area contributed by atoms with Gasteiger partial charge in [0.05, 0.1) is 29.7 Å². The van der Waals surface area contributed by atoms with Gasteiger partial charge in [-0.1, -0.05) is 11.6 Å². The third kappa shape index (κ3) is 2.80. The van der Waals surface area contributed by atoms with Crippen molar-refractivity contribution in [1.82, 2.24) is 9.97 Å². The molecule has 2 aromatic rings. The number of imidazole rings is 1. The molecule has 0 saturated heterocycles. The minimum atomic E-state index is -0.506. The van der Waals surface area contributed by atoms with E-state index in [1.807, 2.05) is 0 Å². The van der Waals surface area contributed by atoms with E-state index < -0.39 is 11.9 Å². The molecule has 104 valence electrons. The molecule has 0 fully saturated rings. The van der Waals surface area contributed by atoms with E-state index in [1.165, 1.54) is 31.6 Å². The smallest absolute Gasteiger partial charge is 0.337 e. The number of amides is 1. The minimum Gasteiger partial charge on any atom is -0.465 e. The number of H-pyrrole nitrogens is 1. The summed E-state index contributed by atoms with van der Waals surface area (Å²) in [5.74, 6) is -0.916. The molecule has 0 radical (unpaired) electrons. The van der Waals surface area contributed by atoms with Crippen molar-refractivity contribution in [2.45, 2.75) is 6.92 Å². The van der Waals surface area contributed by atoms with Gasteiger partial charge in [0.2, 0.25) is 0 Å². The fraction of sp³-hybridized carbons (Fsp3) is 0.154. The number of aromatic amines is 1. The van der Waals surface area contributed by atoms with Gasteiger partial charge in [-0.05, 0) is 25.1 Å². The van der Waals surface area contributed by atoms with Crippen LogP contribution < -0.4 is 5.32 Å². The predicted molar refractivity (Wildman–Crippen MR) is 74.1 cm³/mol. The first-order valence-corrected chi connectivity index (χ1v) is 6.10. The van der Waals surface area contributed by atoms with Crippen LogP contribution in [-0.2, 0) is 4.74 Å². The first-order valence-electron chi connectivity index (χ1n) is 5.72. The normalized spacial score (nSPS) is 10.2. The first kappa shape index (κ1) is 14.1. The minimum absolute atomic E-state index is 0.268. The lowest BCUT2D eigenvalue weighted by Gasteiger charge is -2.08. The summed E-state index contributed by atoms with van der Waals surface area (Å²) in [6.07, 6.45) is 1.43. The molecule has 1 aromatic carbocycles. The Balaban J connectivity index is 2.27. The van der Waals surface area contributed by atoms with Gasteiger partial charge in [-0.3, -0.25) is 4.79 Å². The lowest BCUT2D eigenvalue weighted by atomic mass is 10.2. The number of carbonyl (C=O) groups excluding carboxylic acids is 2. The van der Waals surface area contributed by atoms with Crippen molar-refractivity contribution < 1.29 is 14.3 Å². The highest BCUT2D eigenvalue weighted by atomic mass is 35.5. The summed E-state index contributed by atoms with van der Waals surface area (Å²) in [5.41, 5.74) is 1.53. The molecule has 6 nitrogen and oxygen atoms in total. The van der Waals surface area contributed by atoms with Crippen molar-refractivity contribution in [3.8, 4) is 0 Å². The van der Waals surface area contributed by atoms with Crippen LogP contribution in [0.2, 0.25) is 5.02 Å². The first-order chi connectivity index (χ1) is 9.52. The van der Waals surface area contributed by atoms with E-state index in [0.29, 0.717) is 22.0 Å². The van der Waals surface area contributed by atoms with Crippen molar-refractivity contribution in [1.29, 1.82) is 0 Å². The van der Waals surface area contributed by atoms with Gasteiger partial charge in [-0.25, -0.2) is 9.78 Å². The SMILES string of the molecule is COC(=O)c1ccc(Cl)c(NC(=O)c2nc[nH]c2C)c1. The third-order valence-electron chi connectivity index (χ3n) is 2.68. The maximum absolute atomic E-state index is 12.0. The molecule has 0 unspecified atom stereocenters. The monoisotopic (exact) mass is 293 g/mol. The van der Waals surface area contributed by atoms with Crippen LogP contribution in [-0.4, -0.2) is 29.0 Å². The molecular formula is C13H12ClN3O3. The lowest BCUT2D eigenvalue weighted by Crippen LogP contribution is -2.14. The highest BCUT2D eigenvalue weighted by Crippen LogP contribution is 2.24. The number of hydrogen-bond donors (Lipinski definition) is 2. The van der Waals surface area contributed by atoms with E-state index >= 15 is 0 Å². The van der Waals surface area contributed by atoms with Gasteiger partial charge in [-0.2, -0.15) is 0 Å². The number of hydrogen-bond acceptors (Lipinski definition) is 4. The summed E-state index contributed by atoms with van der Waals surface area (Å²) in [5, 5.41) is 2.93. The third-order valence-corrected chi connectivity index (χ3v) is 3.01. The summed E-state index contributed by atoms with van der Waals surface area (Å²) in [6, 6.07) is 4.48. The maximum Gasteiger partial charge on any atom is 0.337 e. The summed E-state index contributed by atoms with van der Waals surface area (Å²) in [4.78, 5) is 30.2. The number of benzene rings is 1. The molecule has 7 heteroatoms. The predicted octanol–water partition coefficient (Wildman–Crippen LogP) is 2.41. The number of halogens is 1. The molecule has 1 amide bonds. The standard InChI is InChI=1S/C13H12ClN3O3/c1-7-11(16-6-15-7)12(18)17-10-5-8(13(19)20-2)3-4-9(10)14/h3-6H,1-2H3,(H,15,16)(H,17,18). The summed E-state index contributed by atoms with van der Waals surface area (Å²) in [6.45, 7) is 1.73. The van der Waals surface area contributed by atoms with Gasteiger partial charge in [0.25, 0.3) is 5.91 Å². The van der Waals surface area contributed by atoms with Crippen LogP contribution in [0.25, 0.3) is 0 Å². The van der Waals surface area contributed by atoms with Crippen molar-refractivity contribution in [2.75, 3.05) is 12.4 Å². The Morgan fingerprint density at radius 1 is 1.40 bits per heavy atom. The van der Waals surface area contributed by atoms with Crippen molar-refractivity contribution in [3.05, 3.63) is 46.5 Å². The molecule has 1 aromatic heterocycles. The fourth-order valence-corrected chi connectivity index (χ4v) is 1.80. The highest BCUT2D eigenvalue weighted by Gasteiger charge is 2.15. The number of carbonyl (C=O) groups is 2. The zero-order chi connectivity index (χ0) is 14.7. The number of methoxy groups -OCH3 is 1. The number of rotatable bonds is 3. The number of anilines is 1.